The standard InChI is InChI=1S/C14H26N2O4S/c1-5-21-10-11(16(13(18)19)14(2,3)4)12(17)15-6-8-20-9-7-15/h11H,5-10H2,1-4H3,(H,18,19)/t11-/m0/s1. The van der Waals surface area contributed by atoms with Gasteiger partial charge in [0.05, 0.1) is 13.2 Å². The van der Waals surface area contributed by atoms with Crippen LogP contribution in [0.2, 0.25) is 0 Å². The van der Waals surface area contributed by atoms with Crippen molar-refractivity contribution >= 4 is 23.8 Å². The fourth-order valence-corrected chi connectivity index (χ4v) is 3.12. The van der Waals surface area contributed by atoms with Crippen molar-refractivity contribution in [2.45, 2.75) is 39.3 Å². The first-order valence-electron chi connectivity index (χ1n) is 7.25. The molecule has 0 bridgehead atoms. The van der Waals surface area contributed by atoms with Gasteiger partial charge >= 0.3 is 6.09 Å². The molecule has 1 atom stereocenters. The molecule has 7 heteroatoms. The van der Waals surface area contributed by atoms with Crippen LogP contribution >= 0.6 is 11.8 Å². The van der Waals surface area contributed by atoms with Crippen molar-refractivity contribution in [3.05, 3.63) is 0 Å². The number of carbonyl (C=O) groups is 2. The van der Waals surface area contributed by atoms with E-state index in [1.54, 1.807) is 16.7 Å². The number of hydrogen-bond donors (Lipinski definition) is 1. The van der Waals surface area contributed by atoms with Crippen molar-refractivity contribution in [2.75, 3.05) is 37.8 Å². The zero-order chi connectivity index (χ0) is 16.0. The first-order valence-corrected chi connectivity index (χ1v) is 8.41. The summed E-state index contributed by atoms with van der Waals surface area (Å²) >= 11 is 1.59. The molecule has 0 spiro atoms. The average molecular weight is 318 g/mol. The SMILES string of the molecule is CCSC[C@@H](C(=O)N1CCOCC1)N(C(=O)O)C(C)(C)C. The minimum atomic E-state index is -1.05. The van der Waals surface area contributed by atoms with E-state index in [-0.39, 0.29) is 5.91 Å². The average Bonchev–Trinajstić information content (AvgIpc) is 2.41. The minimum absolute atomic E-state index is 0.114. The number of ether oxygens (including phenoxy) is 1. The summed E-state index contributed by atoms with van der Waals surface area (Å²) in [6, 6.07) is -0.648. The molecular formula is C14H26N2O4S. The third-order valence-electron chi connectivity index (χ3n) is 3.33. The van der Waals surface area contributed by atoms with Crippen molar-refractivity contribution in [1.29, 1.82) is 0 Å². The summed E-state index contributed by atoms with van der Waals surface area (Å²) in [5, 5.41) is 9.55. The summed E-state index contributed by atoms with van der Waals surface area (Å²) in [6.45, 7) is 9.55. The van der Waals surface area contributed by atoms with Crippen LogP contribution in [0.1, 0.15) is 27.7 Å². The molecule has 1 fully saturated rings. The fraction of sp³-hybridized carbons (Fsp3) is 0.857. The molecule has 0 radical (unpaired) electrons. The second-order valence-electron chi connectivity index (χ2n) is 5.94. The molecule has 21 heavy (non-hydrogen) atoms. The second-order valence-corrected chi connectivity index (χ2v) is 7.26. The molecule has 1 N–H and O–H groups in total. The molecule has 0 aromatic carbocycles. The van der Waals surface area contributed by atoms with Crippen molar-refractivity contribution in [1.82, 2.24) is 9.80 Å². The summed E-state index contributed by atoms with van der Waals surface area (Å²) in [5.74, 6) is 1.22. The van der Waals surface area contributed by atoms with E-state index < -0.39 is 17.7 Å². The predicted octanol–water partition coefficient (Wildman–Crippen LogP) is 1.75. The van der Waals surface area contributed by atoms with Crippen LogP contribution in [0.4, 0.5) is 4.79 Å². The number of hydrogen-bond acceptors (Lipinski definition) is 4. The summed E-state index contributed by atoms with van der Waals surface area (Å²) in [7, 11) is 0. The Morgan fingerprint density at radius 3 is 2.33 bits per heavy atom. The zero-order valence-electron chi connectivity index (χ0n) is 13.3. The number of amides is 2. The quantitative estimate of drug-likeness (QED) is 0.836. The third-order valence-corrected chi connectivity index (χ3v) is 4.29. The van der Waals surface area contributed by atoms with Gasteiger partial charge in [-0.05, 0) is 26.5 Å². The Balaban J connectivity index is 2.95. The van der Waals surface area contributed by atoms with Gasteiger partial charge in [-0.15, -0.1) is 0 Å². The highest BCUT2D eigenvalue weighted by Gasteiger charge is 2.39. The van der Waals surface area contributed by atoms with Gasteiger partial charge in [0.2, 0.25) is 5.91 Å². The van der Waals surface area contributed by atoms with E-state index in [4.69, 9.17) is 4.74 Å². The van der Waals surface area contributed by atoms with Crippen LogP contribution in [0.15, 0.2) is 0 Å². The molecule has 0 unspecified atom stereocenters. The zero-order valence-corrected chi connectivity index (χ0v) is 14.1. The Hall–Kier alpha value is -0.950. The topological polar surface area (TPSA) is 70.1 Å². The Kier molecular flexibility index (Phi) is 6.80. The Labute approximate surface area is 130 Å². The van der Waals surface area contributed by atoms with Gasteiger partial charge in [0.25, 0.3) is 0 Å². The summed E-state index contributed by atoms with van der Waals surface area (Å²) in [6.07, 6.45) is -1.05. The van der Waals surface area contributed by atoms with Crippen LogP contribution in [0.5, 0.6) is 0 Å². The number of carboxylic acid groups (broad SMARTS) is 1. The van der Waals surface area contributed by atoms with Crippen LogP contribution in [-0.2, 0) is 9.53 Å². The molecule has 1 saturated heterocycles. The van der Waals surface area contributed by atoms with E-state index >= 15 is 0 Å². The largest absolute Gasteiger partial charge is 0.465 e. The lowest BCUT2D eigenvalue weighted by Crippen LogP contribution is -2.59. The molecule has 0 aliphatic carbocycles. The third kappa shape index (κ3) is 5.07. The van der Waals surface area contributed by atoms with Gasteiger partial charge in [-0.1, -0.05) is 6.92 Å². The lowest BCUT2D eigenvalue weighted by molar-refractivity contribution is -0.141. The Bertz CT molecular complexity index is 364. The highest BCUT2D eigenvalue weighted by Crippen LogP contribution is 2.22. The fourth-order valence-electron chi connectivity index (χ4n) is 2.37. The van der Waals surface area contributed by atoms with Crippen LogP contribution < -0.4 is 0 Å². The van der Waals surface area contributed by atoms with Crippen molar-refractivity contribution in [3.8, 4) is 0 Å². The van der Waals surface area contributed by atoms with Gasteiger partial charge in [-0.3, -0.25) is 9.69 Å². The molecule has 2 amide bonds. The maximum absolute atomic E-state index is 12.7. The molecule has 0 aromatic heterocycles. The van der Waals surface area contributed by atoms with Crippen LogP contribution in [0.3, 0.4) is 0 Å². The van der Waals surface area contributed by atoms with E-state index in [2.05, 4.69) is 0 Å². The first-order chi connectivity index (χ1) is 9.79. The molecule has 1 heterocycles. The van der Waals surface area contributed by atoms with Gasteiger partial charge in [0.1, 0.15) is 6.04 Å². The number of rotatable bonds is 5. The number of carbonyl (C=O) groups excluding carboxylic acids is 1. The second kappa shape index (κ2) is 7.89. The van der Waals surface area contributed by atoms with Crippen LogP contribution in [0, 0.1) is 0 Å². The van der Waals surface area contributed by atoms with Gasteiger partial charge in [0.15, 0.2) is 0 Å². The van der Waals surface area contributed by atoms with Gasteiger partial charge in [-0.2, -0.15) is 11.8 Å². The normalized spacial score (nSPS) is 17.4. The van der Waals surface area contributed by atoms with E-state index in [0.29, 0.717) is 32.1 Å². The highest BCUT2D eigenvalue weighted by molar-refractivity contribution is 7.99. The molecule has 0 saturated carbocycles. The number of nitrogens with zero attached hydrogens (tertiary/aromatic N) is 2. The minimum Gasteiger partial charge on any atom is -0.465 e. The lowest BCUT2D eigenvalue weighted by Gasteiger charge is -2.41. The first kappa shape index (κ1) is 18.1. The maximum atomic E-state index is 12.7. The number of thioether (sulfide) groups is 1. The van der Waals surface area contributed by atoms with E-state index in [1.165, 1.54) is 4.90 Å². The summed E-state index contributed by atoms with van der Waals surface area (Å²) in [4.78, 5) is 27.4. The predicted molar refractivity (Wildman–Crippen MR) is 83.8 cm³/mol. The van der Waals surface area contributed by atoms with E-state index in [9.17, 15) is 14.7 Å². The number of morpholine rings is 1. The smallest absolute Gasteiger partial charge is 0.408 e. The molecule has 0 aromatic rings. The molecule has 6 nitrogen and oxygen atoms in total. The molecule has 1 rings (SSSR count). The molecular weight excluding hydrogens is 292 g/mol. The molecule has 1 aliphatic heterocycles. The van der Waals surface area contributed by atoms with E-state index in [0.717, 1.165) is 5.75 Å². The van der Waals surface area contributed by atoms with E-state index in [1.807, 2.05) is 27.7 Å². The summed E-state index contributed by atoms with van der Waals surface area (Å²) < 4.78 is 5.26. The van der Waals surface area contributed by atoms with Gasteiger partial charge in [0, 0.05) is 24.4 Å². The van der Waals surface area contributed by atoms with Crippen molar-refractivity contribution in [3.63, 3.8) is 0 Å². The van der Waals surface area contributed by atoms with Gasteiger partial charge in [-0.25, -0.2) is 4.79 Å². The van der Waals surface area contributed by atoms with Gasteiger partial charge < -0.3 is 14.7 Å². The van der Waals surface area contributed by atoms with Crippen molar-refractivity contribution in [2.24, 2.45) is 0 Å². The Morgan fingerprint density at radius 2 is 1.90 bits per heavy atom. The van der Waals surface area contributed by atoms with Crippen LogP contribution in [-0.4, -0.2) is 76.3 Å². The van der Waals surface area contributed by atoms with Crippen LogP contribution in [0.25, 0.3) is 0 Å². The summed E-state index contributed by atoms with van der Waals surface area (Å²) in [5.41, 5.74) is -0.618. The molecule has 122 valence electrons. The Morgan fingerprint density at radius 1 is 1.33 bits per heavy atom. The molecule has 1 aliphatic rings. The van der Waals surface area contributed by atoms with Crippen molar-refractivity contribution < 1.29 is 19.4 Å². The maximum Gasteiger partial charge on any atom is 0.408 e. The monoisotopic (exact) mass is 318 g/mol. The lowest BCUT2D eigenvalue weighted by atomic mass is 10.0. The highest BCUT2D eigenvalue weighted by atomic mass is 32.2.